The van der Waals surface area contributed by atoms with Crippen molar-refractivity contribution in [1.82, 2.24) is 20.6 Å². The number of aromatic nitrogens is 2. The highest BCUT2D eigenvalue weighted by molar-refractivity contribution is 5.85. The molecule has 1 saturated heterocycles. The zero-order valence-corrected chi connectivity index (χ0v) is 12.5. The molecule has 0 radical (unpaired) electrons. The number of nitrogens with one attached hydrogen (secondary N) is 4. The summed E-state index contributed by atoms with van der Waals surface area (Å²) in [7, 11) is 0. The van der Waals surface area contributed by atoms with E-state index in [9.17, 15) is 14.7 Å². The predicted molar refractivity (Wildman–Crippen MR) is 81.2 cm³/mol. The van der Waals surface area contributed by atoms with Crippen molar-refractivity contribution in [3.63, 3.8) is 0 Å². The van der Waals surface area contributed by atoms with Crippen LogP contribution >= 0.6 is 24.8 Å². The highest BCUT2D eigenvalue weighted by Crippen LogP contribution is 2.12. The van der Waals surface area contributed by atoms with Crippen LogP contribution < -0.4 is 21.9 Å². The topological polar surface area (TPSA) is 110 Å². The van der Waals surface area contributed by atoms with Crippen molar-refractivity contribution < 1.29 is 5.11 Å². The number of aromatic amines is 2. The van der Waals surface area contributed by atoms with Crippen LogP contribution in [0, 0.1) is 0 Å². The van der Waals surface area contributed by atoms with Gasteiger partial charge in [0.1, 0.15) is 0 Å². The van der Waals surface area contributed by atoms with Crippen LogP contribution in [-0.2, 0) is 6.42 Å². The Morgan fingerprint density at radius 2 is 2.10 bits per heavy atom. The van der Waals surface area contributed by atoms with Crippen LogP contribution in [0.25, 0.3) is 0 Å². The van der Waals surface area contributed by atoms with E-state index in [4.69, 9.17) is 0 Å². The second-order valence-electron chi connectivity index (χ2n) is 4.68. The first-order valence-corrected chi connectivity index (χ1v) is 6.04. The minimum atomic E-state index is -0.683. The molecule has 2 heterocycles. The summed E-state index contributed by atoms with van der Waals surface area (Å²) in [5.74, 6) is 0. The molecular formula is C11H20Cl2N4O3. The van der Waals surface area contributed by atoms with Gasteiger partial charge in [0, 0.05) is 24.8 Å². The average Bonchev–Trinajstić information content (AvgIpc) is 2.74. The minimum Gasteiger partial charge on any atom is -0.387 e. The molecule has 1 unspecified atom stereocenters. The number of hydrogen-bond acceptors (Lipinski definition) is 5. The Hall–Kier alpha value is -0.860. The number of β-amino-alcohol motifs (C(OH)–C–C–N with tert-alkyl or cyclic N) is 1. The molecule has 1 aliphatic rings. The van der Waals surface area contributed by atoms with Gasteiger partial charge >= 0.3 is 5.69 Å². The Kier molecular flexibility index (Phi) is 8.07. The van der Waals surface area contributed by atoms with E-state index < -0.39 is 11.3 Å². The van der Waals surface area contributed by atoms with Gasteiger partial charge in [0.05, 0.1) is 5.60 Å². The molecule has 7 nitrogen and oxygen atoms in total. The molecule has 9 heteroatoms. The van der Waals surface area contributed by atoms with Crippen LogP contribution in [0.1, 0.15) is 12.0 Å². The number of aliphatic hydroxyl groups is 1. The van der Waals surface area contributed by atoms with Gasteiger partial charge in [-0.1, -0.05) is 0 Å². The SMILES string of the molecule is Cl.Cl.O=c1[nH]cc(CCNCC2(O)CCNC2)c(=O)[nH]1. The third kappa shape index (κ3) is 5.26. The predicted octanol–water partition coefficient (Wildman–Crippen LogP) is -1.24. The maximum atomic E-state index is 11.4. The molecule has 1 aromatic rings. The largest absolute Gasteiger partial charge is 0.387 e. The summed E-state index contributed by atoms with van der Waals surface area (Å²) in [6, 6.07) is 0. The number of halogens is 2. The lowest BCUT2D eigenvalue weighted by Gasteiger charge is -2.21. The van der Waals surface area contributed by atoms with Crippen molar-refractivity contribution in [2.45, 2.75) is 18.4 Å². The summed E-state index contributed by atoms with van der Waals surface area (Å²) in [6.07, 6.45) is 2.67. The van der Waals surface area contributed by atoms with Crippen LogP contribution in [0.4, 0.5) is 0 Å². The van der Waals surface area contributed by atoms with Gasteiger partial charge in [0.15, 0.2) is 0 Å². The van der Waals surface area contributed by atoms with E-state index in [0.717, 1.165) is 13.0 Å². The standard InChI is InChI=1S/C11H18N4O3.2ClH/c16-9-8(5-14-10(17)15-9)1-3-12-6-11(18)2-4-13-7-11;;/h5,12-13,18H,1-4,6-7H2,(H2,14,15,16,17);2*1H. The first-order valence-electron chi connectivity index (χ1n) is 6.04. The van der Waals surface area contributed by atoms with E-state index in [1.54, 1.807) is 0 Å². The molecule has 0 spiro atoms. The van der Waals surface area contributed by atoms with Gasteiger partial charge in [-0.25, -0.2) is 4.79 Å². The van der Waals surface area contributed by atoms with Gasteiger partial charge in [0.2, 0.25) is 0 Å². The molecule has 0 aliphatic carbocycles. The second kappa shape index (κ2) is 8.43. The van der Waals surface area contributed by atoms with E-state index in [1.807, 2.05) is 0 Å². The average molecular weight is 327 g/mol. The minimum absolute atomic E-state index is 0. The smallest absolute Gasteiger partial charge is 0.325 e. The van der Waals surface area contributed by atoms with Crippen molar-refractivity contribution in [2.24, 2.45) is 0 Å². The van der Waals surface area contributed by atoms with E-state index >= 15 is 0 Å². The maximum absolute atomic E-state index is 11.4. The summed E-state index contributed by atoms with van der Waals surface area (Å²) in [4.78, 5) is 26.8. The van der Waals surface area contributed by atoms with Gasteiger partial charge in [-0.05, 0) is 25.9 Å². The quantitative estimate of drug-likeness (QED) is 0.435. The van der Waals surface area contributed by atoms with Crippen molar-refractivity contribution in [2.75, 3.05) is 26.2 Å². The van der Waals surface area contributed by atoms with Gasteiger partial charge in [-0.3, -0.25) is 9.78 Å². The normalized spacial score (nSPS) is 21.1. The lowest BCUT2D eigenvalue weighted by atomic mass is 10.0. The monoisotopic (exact) mass is 326 g/mol. The molecule has 0 bridgehead atoms. The molecule has 5 N–H and O–H groups in total. The maximum Gasteiger partial charge on any atom is 0.325 e. The zero-order chi connectivity index (χ0) is 13.0. The summed E-state index contributed by atoms with van der Waals surface area (Å²) in [5, 5.41) is 16.3. The number of hydrogen-bond donors (Lipinski definition) is 5. The number of H-pyrrole nitrogens is 2. The molecule has 1 fully saturated rings. The van der Waals surface area contributed by atoms with E-state index in [-0.39, 0.29) is 30.4 Å². The fourth-order valence-electron chi connectivity index (χ4n) is 2.05. The molecular weight excluding hydrogens is 307 g/mol. The van der Waals surface area contributed by atoms with Crippen LogP contribution in [0.15, 0.2) is 15.8 Å². The molecule has 2 rings (SSSR count). The van der Waals surface area contributed by atoms with E-state index in [0.29, 0.717) is 31.6 Å². The molecule has 1 aromatic heterocycles. The van der Waals surface area contributed by atoms with Gasteiger partial charge in [-0.15, -0.1) is 24.8 Å². The van der Waals surface area contributed by atoms with Crippen molar-refractivity contribution in [1.29, 1.82) is 0 Å². The van der Waals surface area contributed by atoms with Crippen molar-refractivity contribution in [3.05, 3.63) is 32.6 Å². The Labute approximate surface area is 128 Å². The molecule has 1 aliphatic heterocycles. The summed E-state index contributed by atoms with van der Waals surface area (Å²) in [6.45, 7) is 2.51. The highest BCUT2D eigenvalue weighted by Gasteiger charge is 2.30. The lowest BCUT2D eigenvalue weighted by Crippen LogP contribution is -2.43. The second-order valence-corrected chi connectivity index (χ2v) is 4.68. The van der Waals surface area contributed by atoms with Crippen molar-refractivity contribution in [3.8, 4) is 0 Å². The molecule has 0 saturated carbocycles. The highest BCUT2D eigenvalue weighted by atomic mass is 35.5. The third-order valence-electron chi connectivity index (χ3n) is 3.14. The van der Waals surface area contributed by atoms with E-state index in [1.165, 1.54) is 6.20 Å². The van der Waals surface area contributed by atoms with Crippen LogP contribution in [0.2, 0.25) is 0 Å². The Balaban J connectivity index is 0.00000180. The Morgan fingerprint density at radius 3 is 2.70 bits per heavy atom. The first-order chi connectivity index (χ1) is 8.59. The lowest BCUT2D eigenvalue weighted by molar-refractivity contribution is 0.0615. The summed E-state index contributed by atoms with van der Waals surface area (Å²) < 4.78 is 0. The van der Waals surface area contributed by atoms with Crippen molar-refractivity contribution >= 4 is 24.8 Å². The Bertz CT molecular complexity index is 511. The van der Waals surface area contributed by atoms with Gasteiger partial charge in [0.25, 0.3) is 5.56 Å². The summed E-state index contributed by atoms with van der Waals surface area (Å²) in [5.41, 5.74) is -1.01. The third-order valence-corrected chi connectivity index (χ3v) is 3.14. The fraction of sp³-hybridized carbons (Fsp3) is 0.636. The fourth-order valence-corrected chi connectivity index (χ4v) is 2.05. The van der Waals surface area contributed by atoms with Crippen LogP contribution in [0.5, 0.6) is 0 Å². The van der Waals surface area contributed by atoms with Gasteiger partial charge in [-0.2, -0.15) is 0 Å². The van der Waals surface area contributed by atoms with Crippen LogP contribution in [0.3, 0.4) is 0 Å². The molecule has 20 heavy (non-hydrogen) atoms. The van der Waals surface area contributed by atoms with Gasteiger partial charge < -0.3 is 20.7 Å². The molecule has 0 aromatic carbocycles. The van der Waals surface area contributed by atoms with E-state index in [2.05, 4.69) is 20.6 Å². The van der Waals surface area contributed by atoms with Crippen LogP contribution in [-0.4, -0.2) is 46.9 Å². The summed E-state index contributed by atoms with van der Waals surface area (Å²) >= 11 is 0. The first kappa shape index (κ1) is 19.1. The molecule has 0 amide bonds. The Morgan fingerprint density at radius 1 is 1.35 bits per heavy atom. The molecule has 1 atom stereocenters. The molecule has 116 valence electrons. The zero-order valence-electron chi connectivity index (χ0n) is 10.9. The number of rotatable bonds is 5.